The third-order valence-electron chi connectivity index (χ3n) is 5.61. The number of hydrogen-bond donors (Lipinski definition) is 2. The highest BCUT2D eigenvalue weighted by molar-refractivity contribution is 5.76. The SMILES string of the molecule is O=C(O)C1CCC(NC(=O)N2CCCC2C2CCCC2)C1. The molecule has 2 N–H and O–H groups in total. The minimum atomic E-state index is -0.725. The van der Waals surface area contributed by atoms with E-state index in [9.17, 15) is 9.59 Å². The number of carbonyl (C=O) groups excluding carboxylic acids is 1. The molecule has 1 saturated heterocycles. The molecule has 5 heteroatoms. The molecular formula is C16H26N2O3. The molecule has 2 aliphatic carbocycles. The topological polar surface area (TPSA) is 69.6 Å². The number of carboxylic acids is 1. The first-order chi connectivity index (χ1) is 10.1. The maximum atomic E-state index is 12.5. The standard InChI is InChI=1S/C16H26N2O3/c19-15(20)12-7-8-13(10-12)17-16(21)18-9-3-6-14(18)11-4-1-2-5-11/h11-14H,1-10H2,(H,17,21)(H,19,20). The molecule has 21 heavy (non-hydrogen) atoms. The van der Waals surface area contributed by atoms with Gasteiger partial charge in [0, 0.05) is 18.6 Å². The third-order valence-corrected chi connectivity index (χ3v) is 5.61. The van der Waals surface area contributed by atoms with E-state index >= 15 is 0 Å². The van der Waals surface area contributed by atoms with E-state index in [0.29, 0.717) is 24.8 Å². The summed E-state index contributed by atoms with van der Waals surface area (Å²) in [6, 6.07) is 0.507. The van der Waals surface area contributed by atoms with E-state index in [-0.39, 0.29) is 18.0 Å². The zero-order valence-corrected chi connectivity index (χ0v) is 12.6. The lowest BCUT2D eigenvalue weighted by molar-refractivity contribution is -0.141. The molecule has 0 aromatic heterocycles. The number of likely N-dealkylation sites (tertiary alicyclic amines) is 1. The van der Waals surface area contributed by atoms with Crippen LogP contribution in [0.3, 0.4) is 0 Å². The van der Waals surface area contributed by atoms with Gasteiger partial charge in [-0.25, -0.2) is 4.79 Å². The molecule has 0 aromatic carbocycles. The zero-order chi connectivity index (χ0) is 14.8. The Bertz CT molecular complexity index is 406. The summed E-state index contributed by atoms with van der Waals surface area (Å²) in [7, 11) is 0. The second kappa shape index (κ2) is 6.24. The van der Waals surface area contributed by atoms with Crippen molar-refractivity contribution in [2.75, 3.05) is 6.54 Å². The lowest BCUT2D eigenvalue weighted by atomic mass is 9.96. The van der Waals surface area contributed by atoms with Crippen LogP contribution in [0.1, 0.15) is 57.8 Å². The summed E-state index contributed by atoms with van der Waals surface area (Å²) >= 11 is 0. The molecule has 2 saturated carbocycles. The summed E-state index contributed by atoms with van der Waals surface area (Å²) in [5, 5.41) is 12.1. The van der Waals surface area contributed by atoms with Crippen LogP contribution in [0.5, 0.6) is 0 Å². The Hall–Kier alpha value is -1.26. The molecule has 118 valence electrons. The fraction of sp³-hybridized carbons (Fsp3) is 0.875. The highest BCUT2D eigenvalue weighted by atomic mass is 16.4. The largest absolute Gasteiger partial charge is 0.481 e. The number of carboxylic acid groups (broad SMARTS) is 1. The van der Waals surface area contributed by atoms with Crippen LogP contribution in [-0.4, -0.2) is 40.6 Å². The number of amides is 2. The van der Waals surface area contributed by atoms with Crippen LogP contribution >= 0.6 is 0 Å². The highest BCUT2D eigenvalue weighted by Gasteiger charge is 2.37. The molecule has 0 aromatic rings. The van der Waals surface area contributed by atoms with Crippen molar-refractivity contribution in [3.05, 3.63) is 0 Å². The van der Waals surface area contributed by atoms with Crippen LogP contribution in [0, 0.1) is 11.8 Å². The highest BCUT2D eigenvalue weighted by Crippen LogP contribution is 2.35. The van der Waals surface area contributed by atoms with Crippen molar-refractivity contribution in [1.29, 1.82) is 0 Å². The van der Waals surface area contributed by atoms with Gasteiger partial charge in [0.05, 0.1) is 5.92 Å². The van der Waals surface area contributed by atoms with Gasteiger partial charge in [-0.3, -0.25) is 4.79 Å². The summed E-state index contributed by atoms with van der Waals surface area (Å²) < 4.78 is 0. The maximum Gasteiger partial charge on any atom is 0.317 e. The maximum absolute atomic E-state index is 12.5. The Morgan fingerprint density at radius 1 is 1.00 bits per heavy atom. The van der Waals surface area contributed by atoms with E-state index in [1.165, 1.54) is 25.7 Å². The predicted octanol–water partition coefficient (Wildman–Crippen LogP) is 2.60. The molecule has 0 radical (unpaired) electrons. The van der Waals surface area contributed by atoms with Gasteiger partial charge >= 0.3 is 12.0 Å². The predicted molar refractivity (Wildman–Crippen MR) is 79.0 cm³/mol. The van der Waals surface area contributed by atoms with Gasteiger partial charge < -0.3 is 15.3 Å². The number of nitrogens with zero attached hydrogens (tertiary/aromatic N) is 1. The van der Waals surface area contributed by atoms with Crippen LogP contribution in [0.2, 0.25) is 0 Å². The Kier molecular flexibility index (Phi) is 4.36. The normalized spacial score (nSPS) is 33.5. The third kappa shape index (κ3) is 3.16. The zero-order valence-electron chi connectivity index (χ0n) is 12.6. The molecule has 0 spiro atoms. The smallest absolute Gasteiger partial charge is 0.317 e. The van der Waals surface area contributed by atoms with Crippen LogP contribution in [0.25, 0.3) is 0 Å². The number of hydrogen-bond acceptors (Lipinski definition) is 2. The van der Waals surface area contributed by atoms with Crippen LogP contribution in [-0.2, 0) is 4.79 Å². The Morgan fingerprint density at radius 3 is 2.43 bits per heavy atom. The molecule has 0 bridgehead atoms. The minimum absolute atomic E-state index is 0.0421. The van der Waals surface area contributed by atoms with E-state index < -0.39 is 5.97 Å². The fourth-order valence-corrected chi connectivity index (χ4v) is 4.47. The number of aliphatic carboxylic acids is 1. The average Bonchev–Trinajstić information content (AvgIpc) is 3.19. The van der Waals surface area contributed by atoms with Crippen molar-refractivity contribution in [3.63, 3.8) is 0 Å². The second-order valence-corrected chi connectivity index (χ2v) is 6.94. The molecule has 3 rings (SSSR count). The van der Waals surface area contributed by atoms with Gasteiger partial charge in [-0.05, 0) is 50.9 Å². The van der Waals surface area contributed by atoms with E-state index in [1.54, 1.807) is 0 Å². The van der Waals surface area contributed by atoms with Gasteiger partial charge in [-0.15, -0.1) is 0 Å². The second-order valence-electron chi connectivity index (χ2n) is 6.94. The molecule has 3 fully saturated rings. The van der Waals surface area contributed by atoms with Gasteiger partial charge in [0.25, 0.3) is 0 Å². The van der Waals surface area contributed by atoms with Crippen molar-refractivity contribution in [2.45, 2.75) is 69.9 Å². The first-order valence-corrected chi connectivity index (χ1v) is 8.45. The molecule has 1 aliphatic heterocycles. The van der Waals surface area contributed by atoms with Crippen molar-refractivity contribution in [2.24, 2.45) is 11.8 Å². The molecule has 1 heterocycles. The number of rotatable bonds is 3. The lowest BCUT2D eigenvalue weighted by Gasteiger charge is -2.30. The first kappa shape index (κ1) is 14.7. The van der Waals surface area contributed by atoms with Crippen LogP contribution in [0.4, 0.5) is 4.79 Å². The lowest BCUT2D eigenvalue weighted by Crippen LogP contribution is -2.48. The molecule has 3 aliphatic rings. The van der Waals surface area contributed by atoms with Crippen molar-refractivity contribution < 1.29 is 14.7 Å². The van der Waals surface area contributed by atoms with Crippen molar-refractivity contribution >= 4 is 12.0 Å². The molecule has 2 amide bonds. The van der Waals surface area contributed by atoms with E-state index in [1.807, 2.05) is 4.90 Å². The quantitative estimate of drug-likeness (QED) is 0.840. The van der Waals surface area contributed by atoms with E-state index in [2.05, 4.69) is 5.32 Å². The van der Waals surface area contributed by atoms with Gasteiger partial charge in [0.15, 0.2) is 0 Å². The van der Waals surface area contributed by atoms with Gasteiger partial charge in [-0.1, -0.05) is 12.8 Å². The van der Waals surface area contributed by atoms with Crippen molar-refractivity contribution in [3.8, 4) is 0 Å². The van der Waals surface area contributed by atoms with Crippen LogP contribution < -0.4 is 5.32 Å². The van der Waals surface area contributed by atoms with Gasteiger partial charge in [0.2, 0.25) is 0 Å². The van der Waals surface area contributed by atoms with E-state index in [0.717, 1.165) is 25.8 Å². The van der Waals surface area contributed by atoms with Crippen molar-refractivity contribution in [1.82, 2.24) is 10.2 Å². The monoisotopic (exact) mass is 294 g/mol. The van der Waals surface area contributed by atoms with E-state index in [4.69, 9.17) is 5.11 Å². The number of urea groups is 1. The summed E-state index contributed by atoms with van der Waals surface area (Å²) in [6.07, 6.45) is 9.45. The molecule has 3 unspecified atom stereocenters. The summed E-state index contributed by atoms with van der Waals surface area (Å²) in [5.41, 5.74) is 0. The molecule has 5 nitrogen and oxygen atoms in total. The Balaban J connectivity index is 1.54. The minimum Gasteiger partial charge on any atom is -0.481 e. The van der Waals surface area contributed by atoms with Gasteiger partial charge in [0.1, 0.15) is 0 Å². The number of nitrogens with one attached hydrogen (secondary N) is 1. The summed E-state index contributed by atoms with van der Waals surface area (Å²) in [4.78, 5) is 25.5. The summed E-state index contributed by atoms with van der Waals surface area (Å²) in [6.45, 7) is 0.863. The van der Waals surface area contributed by atoms with Crippen LogP contribution in [0.15, 0.2) is 0 Å². The Morgan fingerprint density at radius 2 is 1.76 bits per heavy atom. The molecule has 3 atom stereocenters. The molecular weight excluding hydrogens is 268 g/mol. The number of carbonyl (C=O) groups is 2. The fourth-order valence-electron chi connectivity index (χ4n) is 4.47. The Labute approximate surface area is 126 Å². The first-order valence-electron chi connectivity index (χ1n) is 8.45. The van der Waals surface area contributed by atoms with Gasteiger partial charge in [-0.2, -0.15) is 0 Å². The average molecular weight is 294 g/mol. The summed E-state index contributed by atoms with van der Waals surface area (Å²) in [5.74, 6) is -0.315.